The first-order chi connectivity index (χ1) is 10.6. The number of nitrogens with zero attached hydrogens (tertiary/aromatic N) is 1. The normalized spacial score (nSPS) is 14.2. The van der Waals surface area contributed by atoms with Crippen LogP contribution < -0.4 is 10.6 Å². The van der Waals surface area contributed by atoms with E-state index in [0.717, 1.165) is 35.8 Å². The van der Waals surface area contributed by atoms with E-state index in [1.807, 2.05) is 30.0 Å². The number of aliphatic imine (C=N–C) groups is 1. The molecule has 6 heteroatoms. The molecular formula is C17H26IN3OS. The number of guanidine groups is 1. The lowest BCUT2D eigenvalue weighted by Gasteiger charge is -2.16. The van der Waals surface area contributed by atoms with Crippen molar-refractivity contribution in [2.24, 2.45) is 4.99 Å². The largest absolute Gasteiger partial charge is 0.459 e. The first kappa shape index (κ1) is 20.2. The van der Waals surface area contributed by atoms with Crippen LogP contribution >= 0.6 is 35.7 Å². The van der Waals surface area contributed by atoms with Crippen molar-refractivity contribution < 1.29 is 4.42 Å². The Bertz CT molecular complexity index is 596. The predicted octanol–water partition coefficient (Wildman–Crippen LogP) is 4.42. The van der Waals surface area contributed by atoms with Crippen molar-refractivity contribution in [2.45, 2.75) is 32.1 Å². The fraction of sp³-hybridized carbons (Fsp3) is 0.471. The van der Waals surface area contributed by atoms with E-state index >= 15 is 0 Å². The Kier molecular flexibility index (Phi) is 8.83. The van der Waals surface area contributed by atoms with Gasteiger partial charge in [0.25, 0.3) is 0 Å². The fourth-order valence-electron chi connectivity index (χ4n) is 2.11. The number of para-hydroxylation sites is 1. The van der Waals surface area contributed by atoms with E-state index in [-0.39, 0.29) is 30.0 Å². The first-order valence-electron chi connectivity index (χ1n) is 7.70. The lowest BCUT2D eigenvalue weighted by atomic mass is 10.2. The average Bonchev–Trinajstić information content (AvgIpc) is 2.96. The van der Waals surface area contributed by atoms with Crippen LogP contribution in [-0.2, 0) is 0 Å². The van der Waals surface area contributed by atoms with Crippen LogP contribution in [0.15, 0.2) is 39.7 Å². The number of hydrogen-bond acceptors (Lipinski definition) is 3. The van der Waals surface area contributed by atoms with Gasteiger partial charge in [-0.1, -0.05) is 25.1 Å². The number of hydrogen-bond donors (Lipinski definition) is 2. The Hall–Kier alpha value is -0.890. The minimum Gasteiger partial charge on any atom is -0.459 e. The summed E-state index contributed by atoms with van der Waals surface area (Å²) in [6, 6.07) is 10.2. The van der Waals surface area contributed by atoms with Crippen molar-refractivity contribution >= 4 is 52.7 Å². The Morgan fingerprint density at radius 1 is 1.30 bits per heavy atom. The summed E-state index contributed by atoms with van der Waals surface area (Å²) in [6.45, 7) is 7.97. The summed E-state index contributed by atoms with van der Waals surface area (Å²) < 4.78 is 5.91. The third-order valence-corrected chi connectivity index (χ3v) is 4.43. The summed E-state index contributed by atoms with van der Waals surface area (Å²) in [6.07, 6.45) is 2.11. The monoisotopic (exact) mass is 447 g/mol. The maximum absolute atomic E-state index is 5.91. The molecule has 2 unspecified atom stereocenters. The van der Waals surface area contributed by atoms with Gasteiger partial charge >= 0.3 is 0 Å². The number of halogens is 1. The van der Waals surface area contributed by atoms with Crippen LogP contribution in [0.25, 0.3) is 11.0 Å². The van der Waals surface area contributed by atoms with Crippen molar-refractivity contribution in [1.29, 1.82) is 0 Å². The van der Waals surface area contributed by atoms with Gasteiger partial charge in [0.05, 0.1) is 12.6 Å². The highest BCUT2D eigenvalue weighted by atomic mass is 127. The Balaban J connectivity index is 0.00000264. The maximum atomic E-state index is 5.91. The molecule has 0 aliphatic carbocycles. The Morgan fingerprint density at radius 3 is 2.70 bits per heavy atom. The number of thioether (sulfide) groups is 1. The molecule has 1 heterocycles. The van der Waals surface area contributed by atoms with E-state index in [9.17, 15) is 0 Å². The molecule has 0 spiro atoms. The van der Waals surface area contributed by atoms with Gasteiger partial charge < -0.3 is 15.1 Å². The van der Waals surface area contributed by atoms with Gasteiger partial charge in [0.2, 0.25) is 0 Å². The molecule has 0 fully saturated rings. The fourth-order valence-corrected chi connectivity index (χ4v) is 2.33. The zero-order chi connectivity index (χ0) is 15.9. The molecule has 2 aromatic rings. The van der Waals surface area contributed by atoms with E-state index in [2.05, 4.69) is 54.8 Å². The van der Waals surface area contributed by atoms with Gasteiger partial charge in [-0.25, -0.2) is 0 Å². The highest BCUT2D eigenvalue weighted by molar-refractivity contribution is 14.0. The van der Waals surface area contributed by atoms with Crippen molar-refractivity contribution in [3.8, 4) is 0 Å². The standard InChI is InChI=1S/C17H25N3OS.HI/c1-5-18-17(19-11-12(2)22-4)20-13(3)16-10-14-8-6-7-9-15(14)21-16;/h6-10,12-13H,5,11H2,1-4H3,(H2,18,19,20);1H. The van der Waals surface area contributed by atoms with Crippen LogP contribution in [-0.4, -0.2) is 30.6 Å². The molecule has 2 rings (SSSR count). The zero-order valence-corrected chi connectivity index (χ0v) is 17.3. The molecule has 0 amide bonds. The molecular weight excluding hydrogens is 421 g/mol. The number of benzene rings is 1. The van der Waals surface area contributed by atoms with Crippen molar-refractivity contribution in [1.82, 2.24) is 10.6 Å². The Labute approximate surface area is 159 Å². The van der Waals surface area contributed by atoms with E-state index in [1.165, 1.54) is 0 Å². The van der Waals surface area contributed by atoms with Crippen molar-refractivity contribution in [3.63, 3.8) is 0 Å². The van der Waals surface area contributed by atoms with Gasteiger partial charge in [0.15, 0.2) is 5.96 Å². The van der Waals surface area contributed by atoms with Crippen molar-refractivity contribution in [2.75, 3.05) is 19.3 Å². The van der Waals surface area contributed by atoms with E-state index in [1.54, 1.807) is 0 Å². The second-order valence-electron chi connectivity index (χ2n) is 5.32. The van der Waals surface area contributed by atoms with Crippen LogP contribution in [0, 0.1) is 0 Å². The second-order valence-corrected chi connectivity index (χ2v) is 6.59. The molecule has 0 aliphatic rings. The lowest BCUT2D eigenvalue weighted by molar-refractivity contribution is 0.488. The minimum atomic E-state index is 0. The van der Waals surface area contributed by atoms with Crippen LogP contribution in [0.4, 0.5) is 0 Å². The molecule has 128 valence electrons. The molecule has 1 aromatic carbocycles. The average molecular weight is 447 g/mol. The summed E-state index contributed by atoms with van der Waals surface area (Å²) in [5.41, 5.74) is 0.920. The first-order valence-corrected chi connectivity index (χ1v) is 8.99. The Morgan fingerprint density at radius 2 is 2.04 bits per heavy atom. The number of fused-ring (bicyclic) bond motifs is 1. The molecule has 2 N–H and O–H groups in total. The van der Waals surface area contributed by atoms with Gasteiger partial charge in [-0.2, -0.15) is 11.8 Å². The number of rotatable bonds is 6. The quantitative estimate of drug-likeness (QED) is 0.391. The molecule has 0 saturated heterocycles. The van der Waals surface area contributed by atoms with Gasteiger partial charge in [-0.15, -0.1) is 24.0 Å². The van der Waals surface area contributed by atoms with E-state index < -0.39 is 0 Å². The summed E-state index contributed by atoms with van der Waals surface area (Å²) in [7, 11) is 0. The van der Waals surface area contributed by atoms with Gasteiger partial charge in [0, 0.05) is 17.2 Å². The summed E-state index contributed by atoms with van der Waals surface area (Å²) in [4.78, 5) is 4.64. The predicted molar refractivity (Wildman–Crippen MR) is 112 cm³/mol. The van der Waals surface area contributed by atoms with Crippen LogP contribution in [0.1, 0.15) is 32.6 Å². The minimum absolute atomic E-state index is 0. The summed E-state index contributed by atoms with van der Waals surface area (Å²) >= 11 is 1.82. The SMILES string of the molecule is CCNC(=NCC(C)SC)NC(C)c1cc2ccccc2o1.I. The third-order valence-electron chi connectivity index (χ3n) is 3.48. The number of nitrogens with one attached hydrogen (secondary N) is 2. The molecule has 0 bridgehead atoms. The van der Waals surface area contributed by atoms with Gasteiger partial charge in [0.1, 0.15) is 11.3 Å². The molecule has 4 nitrogen and oxygen atoms in total. The molecule has 1 aromatic heterocycles. The second kappa shape index (κ2) is 10.1. The topological polar surface area (TPSA) is 49.6 Å². The third kappa shape index (κ3) is 5.91. The van der Waals surface area contributed by atoms with Gasteiger partial charge in [-0.3, -0.25) is 4.99 Å². The molecule has 23 heavy (non-hydrogen) atoms. The molecule has 2 atom stereocenters. The molecule has 0 saturated carbocycles. The summed E-state index contributed by atoms with van der Waals surface area (Å²) in [5, 5.41) is 8.33. The highest BCUT2D eigenvalue weighted by Gasteiger charge is 2.13. The molecule has 0 radical (unpaired) electrons. The summed E-state index contributed by atoms with van der Waals surface area (Å²) in [5.74, 6) is 1.75. The van der Waals surface area contributed by atoms with Crippen molar-refractivity contribution in [3.05, 3.63) is 36.1 Å². The molecule has 0 aliphatic heterocycles. The lowest BCUT2D eigenvalue weighted by Crippen LogP contribution is -2.39. The van der Waals surface area contributed by atoms with Gasteiger partial charge in [-0.05, 0) is 32.2 Å². The smallest absolute Gasteiger partial charge is 0.191 e. The van der Waals surface area contributed by atoms with E-state index in [0.29, 0.717) is 5.25 Å². The van der Waals surface area contributed by atoms with Crippen LogP contribution in [0.2, 0.25) is 0 Å². The van der Waals surface area contributed by atoms with E-state index in [4.69, 9.17) is 4.42 Å². The van der Waals surface area contributed by atoms with Crippen LogP contribution in [0.5, 0.6) is 0 Å². The van der Waals surface area contributed by atoms with Crippen LogP contribution in [0.3, 0.4) is 0 Å². The highest BCUT2D eigenvalue weighted by Crippen LogP contribution is 2.23. The zero-order valence-electron chi connectivity index (χ0n) is 14.1. The maximum Gasteiger partial charge on any atom is 0.191 e. The number of furan rings is 1.